The van der Waals surface area contributed by atoms with Crippen LogP contribution in [0.5, 0.6) is 17.2 Å². The second-order valence-electron chi connectivity index (χ2n) is 7.13. The number of hydrogen-bond acceptors (Lipinski definition) is 5. The number of ether oxygens (including phenoxy) is 3. The highest BCUT2D eigenvalue weighted by molar-refractivity contribution is 6.62. The summed E-state index contributed by atoms with van der Waals surface area (Å²) in [5, 5.41) is 21.3. The molecule has 0 fully saturated rings. The third-order valence-electron chi connectivity index (χ3n) is 5.25. The molecule has 4 aromatic rings. The smallest absolute Gasteiger partial charge is 0.489 e. The lowest BCUT2D eigenvalue weighted by atomic mass is 9.76. The monoisotopic (exact) mass is 414 g/mol. The highest BCUT2D eigenvalue weighted by Gasteiger charge is 2.20. The molecule has 0 aliphatic heterocycles. The number of rotatable bonds is 7. The van der Waals surface area contributed by atoms with Crippen LogP contribution in [0, 0.1) is 0 Å². The SMILES string of the molecule is COc1ccc(-c2cc3c(B(O)O)ccc(OCc4ccccc4)c3cc2OC)cc1. The zero-order valence-corrected chi connectivity index (χ0v) is 17.4. The fraction of sp³-hybridized carbons (Fsp3) is 0.120. The van der Waals surface area contributed by atoms with Gasteiger partial charge in [-0.15, -0.1) is 0 Å². The van der Waals surface area contributed by atoms with Gasteiger partial charge >= 0.3 is 7.12 Å². The standard InChI is InChI=1S/C25H23BO5/c1-29-19-10-8-18(9-11-19)20-14-21-22(15-25(20)30-2)24(13-12-23(21)26(27)28)31-16-17-6-4-3-5-7-17/h3-15,27-28H,16H2,1-2H3. The number of hydrogen-bond donors (Lipinski definition) is 2. The molecule has 4 rings (SSSR count). The van der Waals surface area contributed by atoms with Crippen LogP contribution in [0.1, 0.15) is 5.56 Å². The molecule has 0 saturated heterocycles. The van der Waals surface area contributed by atoms with E-state index in [-0.39, 0.29) is 0 Å². The summed E-state index contributed by atoms with van der Waals surface area (Å²) in [6, 6.07) is 24.7. The molecule has 0 aliphatic carbocycles. The summed E-state index contributed by atoms with van der Waals surface area (Å²) in [7, 11) is 1.63. The van der Waals surface area contributed by atoms with Crippen LogP contribution in [0.15, 0.2) is 78.9 Å². The molecule has 0 unspecified atom stereocenters. The van der Waals surface area contributed by atoms with Crippen molar-refractivity contribution < 1.29 is 24.3 Å². The molecule has 5 nitrogen and oxygen atoms in total. The molecule has 0 heterocycles. The van der Waals surface area contributed by atoms with Gasteiger partial charge in [0.15, 0.2) is 0 Å². The van der Waals surface area contributed by atoms with E-state index in [4.69, 9.17) is 14.2 Å². The van der Waals surface area contributed by atoms with Crippen molar-refractivity contribution in [2.24, 2.45) is 0 Å². The Bertz CT molecular complexity index is 1170. The first-order chi connectivity index (χ1) is 15.1. The molecule has 4 aromatic carbocycles. The van der Waals surface area contributed by atoms with Crippen LogP contribution in [0.2, 0.25) is 0 Å². The lowest BCUT2D eigenvalue weighted by Gasteiger charge is -2.17. The van der Waals surface area contributed by atoms with Crippen LogP contribution < -0.4 is 19.7 Å². The van der Waals surface area contributed by atoms with E-state index in [1.54, 1.807) is 26.4 Å². The largest absolute Gasteiger partial charge is 0.497 e. The van der Waals surface area contributed by atoms with E-state index in [9.17, 15) is 10.0 Å². The first-order valence-corrected chi connectivity index (χ1v) is 9.92. The van der Waals surface area contributed by atoms with E-state index in [1.807, 2.05) is 66.7 Å². The molecule has 0 aliphatic rings. The van der Waals surface area contributed by atoms with Crippen molar-refractivity contribution in [3.05, 3.63) is 84.4 Å². The molecule has 31 heavy (non-hydrogen) atoms. The van der Waals surface area contributed by atoms with Gasteiger partial charge in [-0.1, -0.05) is 48.5 Å². The Morgan fingerprint density at radius 3 is 2.13 bits per heavy atom. The van der Waals surface area contributed by atoms with Gasteiger partial charge in [-0.3, -0.25) is 0 Å². The van der Waals surface area contributed by atoms with Gasteiger partial charge in [0.2, 0.25) is 0 Å². The van der Waals surface area contributed by atoms with Crippen molar-refractivity contribution >= 4 is 23.4 Å². The molecule has 0 atom stereocenters. The summed E-state index contributed by atoms with van der Waals surface area (Å²) >= 11 is 0. The summed E-state index contributed by atoms with van der Waals surface area (Å²) in [6.07, 6.45) is 0. The van der Waals surface area contributed by atoms with Gasteiger partial charge in [-0.25, -0.2) is 0 Å². The van der Waals surface area contributed by atoms with Crippen molar-refractivity contribution in [3.8, 4) is 28.4 Å². The Morgan fingerprint density at radius 1 is 0.742 bits per heavy atom. The predicted octanol–water partition coefficient (Wildman–Crippen LogP) is 3.78. The summed E-state index contributed by atoms with van der Waals surface area (Å²) in [6.45, 7) is 0.402. The minimum absolute atomic E-state index is 0.402. The molecule has 0 amide bonds. The van der Waals surface area contributed by atoms with Gasteiger partial charge in [0.1, 0.15) is 23.9 Å². The molecule has 0 saturated carbocycles. The lowest BCUT2D eigenvalue weighted by Crippen LogP contribution is -2.30. The number of benzene rings is 4. The molecule has 156 valence electrons. The van der Waals surface area contributed by atoms with Crippen LogP contribution in [0.4, 0.5) is 0 Å². The normalized spacial score (nSPS) is 10.7. The molecule has 0 radical (unpaired) electrons. The van der Waals surface area contributed by atoms with Gasteiger partial charge in [0, 0.05) is 10.9 Å². The van der Waals surface area contributed by atoms with Crippen molar-refractivity contribution in [1.29, 1.82) is 0 Å². The number of methoxy groups -OCH3 is 2. The zero-order valence-electron chi connectivity index (χ0n) is 17.4. The molecular weight excluding hydrogens is 391 g/mol. The molecule has 2 N–H and O–H groups in total. The Morgan fingerprint density at radius 2 is 1.48 bits per heavy atom. The van der Waals surface area contributed by atoms with E-state index < -0.39 is 7.12 Å². The van der Waals surface area contributed by atoms with Crippen molar-refractivity contribution in [2.75, 3.05) is 14.2 Å². The van der Waals surface area contributed by atoms with E-state index in [1.165, 1.54) is 0 Å². The average Bonchev–Trinajstić information content (AvgIpc) is 2.82. The summed E-state index contributed by atoms with van der Waals surface area (Å²) in [5.41, 5.74) is 3.21. The Balaban J connectivity index is 1.83. The van der Waals surface area contributed by atoms with Gasteiger partial charge in [0.25, 0.3) is 0 Å². The number of fused-ring (bicyclic) bond motifs is 1. The summed E-state index contributed by atoms with van der Waals surface area (Å²) in [4.78, 5) is 0. The van der Waals surface area contributed by atoms with Crippen molar-refractivity contribution in [2.45, 2.75) is 6.61 Å². The van der Waals surface area contributed by atoms with Crippen LogP contribution in [-0.2, 0) is 6.61 Å². The lowest BCUT2D eigenvalue weighted by molar-refractivity contribution is 0.310. The Kier molecular flexibility index (Phi) is 6.12. The van der Waals surface area contributed by atoms with E-state index in [0.29, 0.717) is 29.0 Å². The first kappa shape index (κ1) is 20.8. The molecular formula is C25H23BO5. The zero-order chi connectivity index (χ0) is 21.8. The summed E-state index contributed by atoms with van der Waals surface area (Å²) < 4.78 is 17.0. The minimum Gasteiger partial charge on any atom is -0.497 e. The Hall–Kier alpha value is -3.48. The fourth-order valence-electron chi connectivity index (χ4n) is 3.62. The van der Waals surface area contributed by atoms with E-state index in [2.05, 4.69) is 0 Å². The maximum Gasteiger partial charge on any atom is 0.489 e. The second kappa shape index (κ2) is 9.12. The predicted molar refractivity (Wildman–Crippen MR) is 123 cm³/mol. The van der Waals surface area contributed by atoms with Crippen LogP contribution in [-0.4, -0.2) is 31.4 Å². The first-order valence-electron chi connectivity index (χ1n) is 9.92. The third kappa shape index (κ3) is 4.36. The maximum absolute atomic E-state index is 9.94. The quantitative estimate of drug-likeness (QED) is 0.451. The van der Waals surface area contributed by atoms with E-state index in [0.717, 1.165) is 27.8 Å². The molecule has 6 heteroatoms. The van der Waals surface area contributed by atoms with Gasteiger partial charge in [-0.2, -0.15) is 0 Å². The molecule has 0 aromatic heterocycles. The van der Waals surface area contributed by atoms with Crippen LogP contribution >= 0.6 is 0 Å². The average molecular weight is 414 g/mol. The van der Waals surface area contributed by atoms with Crippen molar-refractivity contribution in [3.63, 3.8) is 0 Å². The fourth-order valence-corrected chi connectivity index (χ4v) is 3.62. The van der Waals surface area contributed by atoms with Gasteiger partial charge < -0.3 is 24.3 Å². The minimum atomic E-state index is -1.61. The van der Waals surface area contributed by atoms with E-state index >= 15 is 0 Å². The maximum atomic E-state index is 9.94. The van der Waals surface area contributed by atoms with Crippen LogP contribution in [0.3, 0.4) is 0 Å². The van der Waals surface area contributed by atoms with Gasteiger partial charge in [-0.05, 0) is 52.3 Å². The summed E-state index contributed by atoms with van der Waals surface area (Å²) in [5.74, 6) is 2.06. The molecule has 0 spiro atoms. The van der Waals surface area contributed by atoms with Crippen molar-refractivity contribution in [1.82, 2.24) is 0 Å². The highest BCUT2D eigenvalue weighted by atomic mass is 16.5. The van der Waals surface area contributed by atoms with Crippen LogP contribution in [0.25, 0.3) is 21.9 Å². The molecule has 0 bridgehead atoms. The third-order valence-corrected chi connectivity index (χ3v) is 5.25. The second-order valence-corrected chi connectivity index (χ2v) is 7.13. The highest BCUT2D eigenvalue weighted by Crippen LogP contribution is 2.37. The topological polar surface area (TPSA) is 68.2 Å². The van der Waals surface area contributed by atoms with Gasteiger partial charge in [0.05, 0.1) is 14.2 Å². The Labute approximate surface area is 181 Å².